The van der Waals surface area contributed by atoms with E-state index in [1.54, 1.807) is 4.68 Å². The number of carboxylic acid groups (broad SMARTS) is 1. The number of aliphatic carboxylic acids is 1. The van der Waals surface area contributed by atoms with Gasteiger partial charge in [0.15, 0.2) is 5.82 Å². The van der Waals surface area contributed by atoms with E-state index < -0.39 is 5.97 Å². The van der Waals surface area contributed by atoms with E-state index >= 15 is 0 Å². The predicted molar refractivity (Wildman–Crippen MR) is 76.2 cm³/mol. The summed E-state index contributed by atoms with van der Waals surface area (Å²) in [6.45, 7) is 3.96. The van der Waals surface area contributed by atoms with Crippen LogP contribution in [0.4, 0.5) is 0 Å². The molecule has 20 heavy (non-hydrogen) atoms. The first-order valence-electron chi connectivity index (χ1n) is 6.32. The highest BCUT2D eigenvalue weighted by atomic mass is 32.2. The van der Waals surface area contributed by atoms with Gasteiger partial charge < -0.3 is 5.11 Å². The molecule has 0 unspecified atom stereocenters. The summed E-state index contributed by atoms with van der Waals surface area (Å²) >= 11 is 1.24. The number of hydrogen-bond acceptors (Lipinski definition) is 5. The van der Waals surface area contributed by atoms with Gasteiger partial charge in [0, 0.05) is 11.8 Å². The quantitative estimate of drug-likeness (QED) is 0.821. The normalized spacial score (nSPS) is 10.7. The predicted octanol–water partition coefficient (Wildman–Crippen LogP) is 2.10. The first-order valence-corrected chi connectivity index (χ1v) is 7.31. The van der Waals surface area contributed by atoms with Gasteiger partial charge in [-0.3, -0.25) is 4.79 Å². The zero-order valence-electron chi connectivity index (χ0n) is 11.4. The van der Waals surface area contributed by atoms with Crippen molar-refractivity contribution in [1.82, 2.24) is 19.7 Å². The minimum atomic E-state index is -0.848. The summed E-state index contributed by atoms with van der Waals surface area (Å²) in [5.41, 5.74) is 1.79. The van der Waals surface area contributed by atoms with Gasteiger partial charge in [-0.25, -0.2) is 14.6 Å². The van der Waals surface area contributed by atoms with Crippen LogP contribution in [0.15, 0.2) is 23.5 Å². The van der Waals surface area contributed by atoms with Gasteiger partial charge >= 0.3 is 5.97 Å². The summed E-state index contributed by atoms with van der Waals surface area (Å²) in [5, 5.41) is 14.1. The Hall–Kier alpha value is -1.89. The standard InChI is InChI=1S/C13H16N4O2S/c1-3-4-10-6-12(20-7-13(18)19)17(16-10)11-5-9(2)14-8-15-11/h5-6,8H,3-4,7H2,1-2H3,(H,18,19). The van der Waals surface area contributed by atoms with Crippen molar-refractivity contribution in [1.29, 1.82) is 0 Å². The average Bonchev–Trinajstić information content (AvgIpc) is 2.80. The van der Waals surface area contributed by atoms with Gasteiger partial charge in [-0.05, 0) is 19.4 Å². The molecule has 0 saturated carbocycles. The topological polar surface area (TPSA) is 80.9 Å². The maximum Gasteiger partial charge on any atom is 0.313 e. The number of carboxylic acids is 1. The van der Waals surface area contributed by atoms with Crippen molar-refractivity contribution in [2.45, 2.75) is 31.7 Å². The lowest BCUT2D eigenvalue weighted by Gasteiger charge is -2.05. The molecule has 0 aromatic carbocycles. The minimum absolute atomic E-state index is 0.00131. The highest BCUT2D eigenvalue weighted by Gasteiger charge is 2.12. The third kappa shape index (κ3) is 3.57. The Morgan fingerprint density at radius 2 is 2.20 bits per heavy atom. The van der Waals surface area contributed by atoms with Gasteiger partial charge in [0.05, 0.1) is 11.4 Å². The highest BCUT2D eigenvalue weighted by molar-refractivity contribution is 7.99. The number of rotatable bonds is 6. The molecular formula is C13H16N4O2S. The second-order valence-electron chi connectivity index (χ2n) is 4.34. The molecule has 2 heterocycles. The van der Waals surface area contributed by atoms with Crippen LogP contribution in [-0.4, -0.2) is 36.6 Å². The van der Waals surface area contributed by atoms with Crippen LogP contribution in [0.5, 0.6) is 0 Å². The average molecular weight is 292 g/mol. The van der Waals surface area contributed by atoms with Crippen molar-refractivity contribution in [3.05, 3.63) is 29.8 Å². The van der Waals surface area contributed by atoms with Crippen molar-refractivity contribution in [2.24, 2.45) is 0 Å². The van der Waals surface area contributed by atoms with E-state index in [-0.39, 0.29) is 5.75 Å². The van der Waals surface area contributed by atoms with Crippen LogP contribution in [-0.2, 0) is 11.2 Å². The van der Waals surface area contributed by atoms with Crippen molar-refractivity contribution in [2.75, 3.05) is 5.75 Å². The zero-order valence-corrected chi connectivity index (χ0v) is 12.2. The van der Waals surface area contributed by atoms with Crippen molar-refractivity contribution >= 4 is 17.7 Å². The zero-order chi connectivity index (χ0) is 14.5. The molecule has 0 radical (unpaired) electrons. The van der Waals surface area contributed by atoms with Crippen LogP contribution in [0.25, 0.3) is 5.82 Å². The van der Waals surface area contributed by atoms with Gasteiger partial charge in [-0.1, -0.05) is 25.1 Å². The lowest BCUT2D eigenvalue weighted by atomic mass is 10.3. The molecule has 0 fully saturated rings. The number of hydrogen-bond donors (Lipinski definition) is 1. The Morgan fingerprint density at radius 1 is 1.40 bits per heavy atom. The lowest BCUT2D eigenvalue weighted by molar-refractivity contribution is -0.133. The summed E-state index contributed by atoms with van der Waals surface area (Å²) in [6, 6.07) is 3.75. The first-order chi connectivity index (χ1) is 9.60. The molecule has 7 heteroatoms. The van der Waals surface area contributed by atoms with E-state index in [9.17, 15) is 4.79 Å². The van der Waals surface area contributed by atoms with Crippen LogP contribution in [0.2, 0.25) is 0 Å². The summed E-state index contributed by atoms with van der Waals surface area (Å²) in [5.74, 6) is -0.187. The van der Waals surface area contributed by atoms with Gasteiger partial charge in [0.25, 0.3) is 0 Å². The molecular weight excluding hydrogens is 276 g/mol. The molecule has 2 rings (SSSR count). The molecule has 0 atom stereocenters. The third-order valence-electron chi connectivity index (χ3n) is 2.58. The monoisotopic (exact) mass is 292 g/mol. The van der Waals surface area contributed by atoms with Crippen molar-refractivity contribution < 1.29 is 9.90 Å². The molecule has 0 aliphatic carbocycles. The van der Waals surface area contributed by atoms with E-state index in [4.69, 9.17) is 5.11 Å². The Morgan fingerprint density at radius 3 is 2.85 bits per heavy atom. The van der Waals surface area contributed by atoms with Crippen LogP contribution in [0.1, 0.15) is 24.7 Å². The van der Waals surface area contributed by atoms with Crippen molar-refractivity contribution in [3.63, 3.8) is 0 Å². The molecule has 0 bridgehead atoms. The number of aromatic nitrogens is 4. The maximum absolute atomic E-state index is 10.7. The van der Waals surface area contributed by atoms with Crippen LogP contribution in [0.3, 0.4) is 0 Å². The van der Waals surface area contributed by atoms with E-state index in [0.29, 0.717) is 5.82 Å². The van der Waals surface area contributed by atoms with E-state index in [0.717, 1.165) is 29.3 Å². The van der Waals surface area contributed by atoms with Crippen LogP contribution in [0, 0.1) is 6.92 Å². The molecule has 0 amide bonds. The molecule has 2 aromatic rings. The molecule has 0 saturated heterocycles. The largest absolute Gasteiger partial charge is 0.481 e. The van der Waals surface area contributed by atoms with E-state index in [2.05, 4.69) is 22.0 Å². The molecule has 6 nitrogen and oxygen atoms in total. The second-order valence-corrected chi connectivity index (χ2v) is 5.33. The maximum atomic E-state index is 10.7. The van der Waals surface area contributed by atoms with Crippen LogP contribution < -0.4 is 0 Å². The summed E-state index contributed by atoms with van der Waals surface area (Å²) in [7, 11) is 0. The lowest BCUT2D eigenvalue weighted by Crippen LogP contribution is -2.05. The smallest absolute Gasteiger partial charge is 0.313 e. The molecule has 1 N–H and O–H groups in total. The number of carbonyl (C=O) groups is 1. The SMILES string of the molecule is CCCc1cc(SCC(=O)O)n(-c2cc(C)ncn2)n1. The number of nitrogens with zero attached hydrogens (tertiary/aromatic N) is 4. The fourth-order valence-electron chi connectivity index (χ4n) is 1.75. The van der Waals surface area contributed by atoms with Gasteiger partial charge in [0.1, 0.15) is 11.4 Å². The van der Waals surface area contributed by atoms with Gasteiger partial charge in [-0.15, -0.1) is 0 Å². The summed E-state index contributed by atoms with van der Waals surface area (Å²) in [4.78, 5) is 19.0. The Kier molecular flexibility index (Phi) is 4.73. The van der Waals surface area contributed by atoms with Gasteiger partial charge in [-0.2, -0.15) is 5.10 Å². The van der Waals surface area contributed by atoms with E-state index in [1.165, 1.54) is 18.1 Å². The van der Waals surface area contributed by atoms with Crippen molar-refractivity contribution in [3.8, 4) is 5.82 Å². The number of aryl methyl sites for hydroxylation is 2. The van der Waals surface area contributed by atoms with E-state index in [1.807, 2.05) is 19.1 Å². The molecule has 106 valence electrons. The summed E-state index contributed by atoms with van der Waals surface area (Å²) < 4.78 is 1.69. The minimum Gasteiger partial charge on any atom is -0.481 e. The molecule has 0 aliphatic rings. The van der Waals surface area contributed by atoms with Crippen LogP contribution >= 0.6 is 11.8 Å². The Bertz CT molecular complexity index is 612. The third-order valence-corrected chi connectivity index (χ3v) is 3.56. The van der Waals surface area contributed by atoms with Gasteiger partial charge in [0.2, 0.25) is 0 Å². The molecule has 0 aliphatic heterocycles. The first kappa shape index (κ1) is 14.5. The highest BCUT2D eigenvalue weighted by Crippen LogP contribution is 2.23. The molecule has 0 spiro atoms. The summed E-state index contributed by atoms with van der Waals surface area (Å²) in [6.07, 6.45) is 3.33. The Labute approximate surface area is 121 Å². The second kappa shape index (κ2) is 6.51. The Balaban J connectivity index is 2.35. The fourth-order valence-corrected chi connectivity index (χ4v) is 2.49. The molecule has 2 aromatic heterocycles. The number of thioether (sulfide) groups is 1. The fraction of sp³-hybridized carbons (Fsp3) is 0.385.